The summed E-state index contributed by atoms with van der Waals surface area (Å²) in [5, 5.41) is 1.08. The maximum atomic E-state index is 13.2. The quantitative estimate of drug-likeness (QED) is 0.815. The first-order chi connectivity index (χ1) is 6.72. The Morgan fingerprint density at radius 3 is 2.80 bits per heavy atom. The Labute approximate surface area is 94.1 Å². The van der Waals surface area contributed by atoms with Crippen LogP contribution in [0.2, 0.25) is 0 Å². The summed E-state index contributed by atoms with van der Waals surface area (Å²) in [7, 11) is 0. The van der Waals surface area contributed by atoms with Crippen molar-refractivity contribution in [2.75, 3.05) is 6.54 Å². The van der Waals surface area contributed by atoms with Crippen LogP contribution in [0.5, 0.6) is 0 Å². The van der Waals surface area contributed by atoms with E-state index in [0.29, 0.717) is 12.1 Å². The molecule has 0 aliphatic carbocycles. The number of benzene rings is 1. The Morgan fingerprint density at radius 1 is 1.40 bits per heavy atom. The molecule has 0 spiro atoms. The van der Waals surface area contributed by atoms with Gasteiger partial charge in [-0.1, -0.05) is 0 Å². The molecule has 82 valence electrons. The van der Waals surface area contributed by atoms with Crippen LogP contribution in [0.3, 0.4) is 0 Å². The molecule has 0 aliphatic rings. The number of halogens is 2. The van der Waals surface area contributed by atoms with E-state index in [1.165, 1.54) is 6.07 Å². The SMILES string of the molecule is Cc1cc2c(CCN)c[nH]c2cc1F.Cl. The molecule has 2 rings (SSSR count). The zero-order chi connectivity index (χ0) is 10.1. The predicted octanol–water partition coefficient (Wildman–Crippen LogP) is 2.54. The molecule has 0 bridgehead atoms. The lowest BCUT2D eigenvalue weighted by molar-refractivity contribution is 0.620. The van der Waals surface area contributed by atoms with Crippen molar-refractivity contribution in [3.05, 3.63) is 35.3 Å². The van der Waals surface area contributed by atoms with Crippen molar-refractivity contribution in [2.45, 2.75) is 13.3 Å². The van der Waals surface area contributed by atoms with E-state index in [-0.39, 0.29) is 18.2 Å². The highest BCUT2D eigenvalue weighted by Gasteiger charge is 2.06. The second-order valence-corrected chi connectivity index (χ2v) is 3.50. The van der Waals surface area contributed by atoms with E-state index in [9.17, 15) is 4.39 Å². The summed E-state index contributed by atoms with van der Waals surface area (Å²) in [4.78, 5) is 3.05. The number of hydrogen-bond donors (Lipinski definition) is 2. The van der Waals surface area contributed by atoms with Gasteiger partial charge in [-0.05, 0) is 43.1 Å². The van der Waals surface area contributed by atoms with Crippen LogP contribution in [-0.2, 0) is 6.42 Å². The lowest BCUT2D eigenvalue weighted by atomic mass is 10.1. The molecule has 0 fully saturated rings. The monoisotopic (exact) mass is 228 g/mol. The highest BCUT2D eigenvalue weighted by Crippen LogP contribution is 2.21. The first-order valence-corrected chi connectivity index (χ1v) is 4.68. The maximum absolute atomic E-state index is 13.2. The number of aromatic amines is 1. The molecule has 0 saturated carbocycles. The molecule has 0 unspecified atom stereocenters. The third-order valence-corrected chi connectivity index (χ3v) is 2.46. The number of fused-ring (bicyclic) bond motifs is 1. The van der Waals surface area contributed by atoms with Crippen molar-refractivity contribution in [2.24, 2.45) is 5.73 Å². The van der Waals surface area contributed by atoms with Crippen LogP contribution < -0.4 is 5.73 Å². The average Bonchev–Trinajstić information content (AvgIpc) is 2.51. The standard InChI is InChI=1S/C11H13FN2.ClH/c1-7-4-9-8(2-3-13)6-14-11(9)5-10(7)12;/h4-6,14H,2-3,13H2,1H3;1H. The number of rotatable bonds is 2. The van der Waals surface area contributed by atoms with Crippen molar-refractivity contribution in [1.29, 1.82) is 0 Å². The predicted molar refractivity (Wildman–Crippen MR) is 63.0 cm³/mol. The van der Waals surface area contributed by atoms with Gasteiger partial charge in [-0.3, -0.25) is 0 Å². The first kappa shape index (κ1) is 12.0. The van der Waals surface area contributed by atoms with E-state index < -0.39 is 0 Å². The normalized spacial score (nSPS) is 10.3. The van der Waals surface area contributed by atoms with E-state index in [0.717, 1.165) is 22.9 Å². The number of aromatic nitrogens is 1. The molecule has 0 aliphatic heterocycles. The third kappa shape index (κ3) is 2.13. The fourth-order valence-corrected chi connectivity index (χ4v) is 1.67. The van der Waals surface area contributed by atoms with Crippen LogP contribution in [-0.4, -0.2) is 11.5 Å². The summed E-state index contributed by atoms with van der Waals surface area (Å²) < 4.78 is 13.2. The minimum absolute atomic E-state index is 0. The second-order valence-electron chi connectivity index (χ2n) is 3.50. The van der Waals surface area contributed by atoms with Gasteiger partial charge in [0.15, 0.2) is 0 Å². The zero-order valence-electron chi connectivity index (χ0n) is 8.51. The summed E-state index contributed by atoms with van der Waals surface area (Å²) in [6, 6.07) is 3.40. The van der Waals surface area contributed by atoms with Crippen molar-refractivity contribution < 1.29 is 4.39 Å². The second kappa shape index (κ2) is 4.64. The van der Waals surface area contributed by atoms with Crippen LogP contribution in [0.25, 0.3) is 10.9 Å². The molecule has 0 saturated heterocycles. The van der Waals surface area contributed by atoms with Gasteiger partial charge in [0.05, 0.1) is 0 Å². The topological polar surface area (TPSA) is 41.8 Å². The van der Waals surface area contributed by atoms with Crippen LogP contribution in [0.1, 0.15) is 11.1 Å². The van der Waals surface area contributed by atoms with Gasteiger partial charge in [-0.15, -0.1) is 12.4 Å². The smallest absolute Gasteiger partial charge is 0.128 e. The maximum Gasteiger partial charge on any atom is 0.128 e. The zero-order valence-corrected chi connectivity index (χ0v) is 9.33. The number of aryl methyl sites for hydroxylation is 1. The summed E-state index contributed by atoms with van der Waals surface area (Å²) >= 11 is 0. The fourth-order valence-electron chi connectivity index (χ4n) is 1.67. The van der Waals surface area contributed by atoms with Gasteiger partial charge in [0.25, 0.3) is 0 Å². The Balaban J connectivity index is 0.00000112. The van der Waals surface area contributed by atoms with Gasteiger partial charge in [-0.2, -0.15) is 0 Å². The molecule has 0 atom stereocenters. The van der Waals surface area contributed by atoms with Crippen molar-refractivity contribution >= 4 is 23.3 Å². The molecule has 4 heteroatoms. The highest BCUT2D eigenvalue weighted by molar-refractivity contribution is 5.85. The van der Waals surface area contributed by atoms with Crippen molar-refractivity contribution in [3.8, 4) is 0 Å². The number of nitrogens with one attached hydrogen (secondary N) is 1. The fraction of sp³-hybridized carbons (Fsp3) is 0.273. The van der Waals surface area contributed by atoms with E-state index >= 15 is 0 Å². The highest BCUT2D eigenvalue weighted by atomic mass is 35.5. The summed E-state index contributed by atoms with van der Waals surface area (Å²) in [6.07, 6.45) is 2.72. The molecule has 2 nitrogen and oxygen atoms in total. The molecular weight excluding hydrogens is 215 g/mol. The van der Waals surface area contributed by atoms with Crippen molar-refractivity contribution in [1.82, 2.24) is 4.98 Å². The Bertz CT molecular complexity index is 465. The van der Waals surface area contributed by atoms with Crippen LogP contribution in [0.4, 0.5) is 4.39 Å². The molecule has 3 N–H and O–H groups in total. The van der Waals surface area contributed by atoms with Crippen LogP contribution in [0, 0.1) is 12.7 Å². The van der Waals surface area contributed by atoms with Gasteiger partial charge < -0.3 is 10.7 Å². The molecule has 1 heterocycles. The number of hydrogen-bond acceptors (Lipinski definition) is 1. The van der Waals surface area contributed by atoms with Gasteiger partial charge in [0.1, 0.15) is 5.82 Å². The summed E-state index contributed by atoms with van der Waals surface area (Å²) in [6.45, 7) is 2.39. The molecule has 1 aromatic carbocycles. The van der Waals surface area contributed by atoms with Crippen LogP contribution >= 0.6 is 12.4 Å². The van der Waals surface area contributed by atoms with Crippen molar-refractivity contribution in [3.63, 3.8) is 0 Å². The molecule has 0 radical (unpaired) electrons. The van der Waals surface area contributed by atoms with Gasteiger partial charge >= 0.3 is 0 Å². The lowest BCUT2D eigenvalue weighted by Crippen LogP contribution is -2.01. The largest absolute Gasteiger partial charge is 0.361 e. The van der Waals surface area contributed by atoms with E-state index in [1.54, 1.807) is 6.92 Å². The molecule has 0 amide bonds. The molecule has 2 aromatic rings. The molecule has 15 heavy (non-hydrogen) atoms. The lowest BCUT2D eigenvalue weighted by Gasteiger charge is -1.99. The minimum atomic E-state index is -0.168. The first-order valence-electron chi connectivity index (χ1n) is 4.68. The Hall–Kier alpha value is -1.06. The number of nitrogens with two attached hydrogens (primary N) is 1. The molecular formula is C11H14ClFN2. The Morgan fingerprint density at radius 2 is 2.13 bits per heavy atom. The van der Waals surface area contributed by atoms with E-state index in [4.69, 9.17) is 5.73 Å². The summed E-state index contributed by atoms with van der Waals surface area (Å²) in [5.41, 5.74) is 8.17. The third-order valence-electron chi connectivity index (χ3n) is 2.46. The van der Waals surface area contributed by atoms with E-state index in [1.807, 2.05) is 12.3 Å². The number of H-pyrrole nitrogens is 1. The van der Waals surface area contributed by atoms with Gasteiger partial charge in [0.2, 0.25) is 0 Å². The molecule has 1 aromatic heterocycles. The van der Waals surface area contributed by atoms with Crippen LogP contribution in [0.15, 0.2) is 18.3 Å². The average molecular weight is 229 g/mol. The minimum Gasteiger partial charge on any atom is -0.361 e. The van der Waals surface area contributed by atoms with E-state index in [2.05, 4.69) is 4.98 Å². The Kier molecular flexibility index (Phi) is 3.72. The van der Waals surface area contributed by atoms with Gasteiger partial charge in [-0.25, -0.2) is 4.39 Å². The summed E-state index contributed by atoms with van der Waals surface area (Å²) in [5.74, 6) is -0.168. The van der Waals surface area contributed by atoms with Gasteiger partial charge in [0, 0.05) is 17.1 Å².